The number of carbonyl (C=O) groups is 1. The highest BCUT2D eigenvalue weighted by molar-refractivity contribution is 5.85. The highest BCUT2D eigenvalue weighted by atomic mass is 35.5. The van der Waals surface area contributed by atoms with Gasteiger partial charge in [0.05, 0.1) is 6.04 Å². The SMILES string of the molecule is Cl.Cl.NCCNC(=O)[C@@H]1C[C@@H](Oc2cccc(-c3ccccc3)c2)CN1. The first-order valence-electron chi connectivity index (χ1n) is 8.29. The molecule has 1 saturated heterocycles. The van der Waals surface area contributed by atoms with Crippen molar-refractivity contribution in [2.24, 2.45) is 5.73 Å². The molecule has 0 spiro atoms. The van der Waals surface area contributed by atoms with Crippen LogP contribution in [0.2, 0.25) is 0 Å². The van der Waals surface area contributed by atoms with Gasteiger partial charge in [0.15, 0.2) is 0 Å². The highest BCUT2D eigenvalue weighted by Gasteiger charge is 2.30. The summed E-state index contributed by atoms with van der Waals surface area (Å²) in [6, 6.07) is 18.0. The van der Waals surface area contributed by atoms with E-state index in [-0.39, 0.29) is 42.9 Å². The molecule has 0 aliphatic carbocycles. The average Bonchev–Trinajstić information content (AvgIpc) is 3.09. The van der Waals surface area contributed by atoms with E-state index in [9.17, 15) is 4.79 Å². The number of carbonyl (C=O) groups excluding carboxylic acids is 1. The van der Waals surface area contributed by atoms with E-state index in [1.807, 2.05) is 36.4 Å². The highest BCUT2D eigenvalue weighted by Crippen LogP contribution is 2.25. The van der Waals surface area contributed by atoms with Crippen LogP contribution in [0.3, 0.4) is 0 Å². The minimum absolute atomic E-state index is 0. The maximum absolute atomic E-state index is 12.0. The fraction of sp³-hybridized carbons (Fsp3) is 0.316. The second kappa shape index (κ2) is 11.0. The van der Waals surface area contributed by atoms with Gasteiger partial charge in [-0.3, -0.25) is 4.79 Å². The van der Waals surface area contributed by atoms with E-state index in [0.29, 0.717) is 26.1 Å². The number of hydrogen-bond acceptors (Lipinski definition) is 4. The Bertz CT molecular complexity index is 685. The topological polar surface area (TPSA) is 76.4 Å². The molecule has 2 aromatic rings. The van der Waals surface area contributed by atoms with E-state index in [2.05, 4.69) is 28.8 Å². The molecule has 1 aliphatic heterocycles. The van der Waals surface area contributed by atoms with Gasteiger partial charge in [0, 0.05) is 26.1 Å². The van der Waals surface area contributed by atoms with Crippen molar-refractivity contribution in [2.45, 2.75) is 18.6 Å². The van der Waals surface area contributed by atoms with Crippen molar-refractivity contribution >= 4 is 30.7 Å². The molecule has 1 heterocycles. The van der Waals surface area contributed by atoms with Gasteiger partial charge in [0.25, 0.3) is 0 Å². The number of nitrogens with one attached hydrogen (secondary N) is 2. The molecule has 2 atom stereocenters. The van der Waals surface area contributed by atoms with Gasteiger partial charge in [-0.1, -0.05) is 42.5 Å². The third-order valence-corrected chi connectivity index (χ3v) is 4.09. The molecule has 142 valence electrons. The van der Waals surface area contributed by atoms with Gasteiger partial charge in [-0.15, -0.1) is 24.8 Å². The third kappa shape index (κ3) is 5.88. The van der Waals surface area contributed by atoms with Crippen molar-refractivity contribution < 1.29 is 9.53 Å². The molecule has 5 nitrogen and oxygen atoms in total. The molecule has 4 N–H and O–H groups in total. The van der Waals surface area contributed by atoms with Crippen LogP contribution in [-0.4, -0.2) is 37.7 Å². The second-order valence-corrected chi connectivity index (χ2v) is 5.91. The lowest BCUT2D eigenvalue weighted by atomic mass is 10.1. The summed E-state index contributed by atoms with van der Waals surface area (Å²) < 4.78 is 6.06. The van der Waals surface area contributed by atoms with Crippen LogP contribution in [0, 0.1) is 0 Å². The smallest absolute Gasteiger partial charge is 0.237 e. The maximum atomic E-state index is 12.0. The van der Waals surface area contributed by atoms with Gasteiger partial charge < -0.3 is 21.1 Å². The summed E-state index contributed by atoms with van der Waals surface area (Å²) in [5, 5.41) is 6.01. The molecule has 0 saturated carbocycles. The minimum atomic E-state index is -0.209. The lowest BCUT2D eigenvalue weighted by molar-refractivity contribution is -0.122. The summed E-state index contributed by atoms with van der Waals surface area (Å²) in [6.45, 7) is 1.61. The van der Waals surface area contributed by atoms with Gasteiger partial charge >= 0.3 is 0 Å². The summed E-state index contributed by atoms with van der Waals surface area (Å²) >= 11 is 0. The van der Waals surface area contributed by atoms with Crippen molar-refractivity contribution in [3.8, 4) is 16.9 Å². The van der Waals surface area contributed by atoms with Crippen LogP contribution in [0.25, 0.3) is 11.1 Å². The molecule has 1 aliphatic rings. The number of amides is 1. The van der Waals surface area contributed by atoms with Crippen LogP contribution < -0.4 is 21.1 Å². The van der Waals surface area contributed by atoms with Gasteiger partial charge in [0.2, 0.25) is 5.91 Å². The molecular weight excluding hydrogens is 373 g/mol. The Kier molecular flexibility index (Phi) is 9.44. The summed E-state index contributed by atoms with van der Waals surface area (Å²) in [5.74, 6) is 0.816. The molecule has 1 fully saturated rings. The van der Waals surface area contributed by atoms with Crippen LogP contribution in [0.15, 0.2) is 54.6 Å². The fourth-order valence-electron chi connectivity index (χ4n) is 2.88. The Morgan fingerprint density at radius 3 is 2.58 bits per heavy atom. The largest absolute Gasteiger partial charge is 0.489 e. The first kappa shape index (κ1) is 22.3. The summed E-state index contributed by atoms with van der Waals surface area (Å²) in [5.41, 5.74) is 7.69. The predicted octanol–water partition coefficient (Wildman–Crippen LogP) is 2.38. The number of benzene rings is 2. The van der Waals surface area contributed by atoms with Crippen molar-refractivity contribution in [1.82, 2.24) is 10.6 Å². The summed E-state index contributed by atoms with van der Waals surface area (Å²) in [6.07, 6.45) is 0.649. The number of hydrogen-bond donors (Lipinski definition) is 3. The molecule has 0 aromatic heterocycles. The molecular formula is C19H25Cl2N3O2. The lowest BCUT2D eigenvalue weighted by Crippen LogP contribution is -2.42. The van der Waals surface area contributed by atoms with Crippen molar-refractivity contribution in [3.05, 3.63) is 54.6 Å². The molecule has 26 heavy (non-hydrogen) atoms. The van der Waals surface area contributed by atoms with E-state index < -0.39 is 0 Å². The van der Waals surface area contributed by atoms with Gasteiger partial charge in [-0.2, -0.15) is 0 Å². The fourth-order valence-corrected chi connectivity index (χ4v) is 2.88. The number of halogens is 2. The lowest BCUT2D eigenvalue weighted by Gasteiger charge is -2.14. The number of nitrogens with two attached hydrogens (primary N) is 1. The average molecular weight is 398 g/mol. The number of ether oxygens (including phenoxy) is 1. The first-order chi connectivity index (χ1) is 11.8. The van der Waals surface area contributed by atoms with E-state index in [1.54, 1.807) is 0 Å². The Morgan fingerprint density at radius 2 is 1.85 bits per heavy atom. The van der Waals surface area contributed by atoms with E-state index in [0.717, 1.165) is 16.9 Å². The van der Waals surface area contributed by atoms with Crippen LogP contribution in [0.1, 0.15) is 6.42 Å². The van der Waals surface area contributed by atoms with Crippen molar-refractivity contribution in [1.29, 1.82) is 0 Å². The van der Waals surface area contributed by atoms with Crippen LogP contribution in [-0.2, 0) is 4.79 Å². The second-order valence-electron chi connectivity index (χ2n) is 5.91. The third-order valence-electron chi connectivity index (χ3n) is 4.09. The normalized spacial score (nSPS) is 18.3. The Labute approximate surface area is 166 Å². The van der Waals surface area contributed by atoms with E-state index >= 15 is 0 Å². The van der Waals surface area contributed by atoms with E-state index in [1.165, 1.54) is 0 Å². The molecule has 1 amide bonds. The van der Waals surface area contributed by atoms with Crippen molar-refractivity contribution in [3.63, 3.8) is 0 Å². The zero-order chi connectivity index (χ0) is 16.8. The molecule has 0 radical (unpaired) electrons. The molecule has 2 aromatic carbocycles. The minimum Gasteiger partial charge on any atom is -0.489 e. The predicted molar refractivity (Wildman–Crippen MR) is 109 cm³/mol. The Balaban J connectivity index is 0.00000169. The molecule has 3 rings (SSSR count). The molecule has 0 unspecified atom stereocenters. The standard InChI is InChI=1S/C19H23N3O2.2ClH/c20-9-10-21-19(23)18-12-17(13-22-18)24-16-8-4-7-15(11-16)14-5-2-1-3-6-14;;/h1-8,11,17-18,22H,9-10,12-13,20H2,(H,21,23);2*1H/t17-,18+;;/m1../s1. The van der Waals surface area contributed by atoms with Gasteiger partial charge in [-0.05, 0) is 23.3 Å². The quantitative estimate of drug-likeness (QED) is 0.699. The summed E-state index contributed by atoms with van der Waals surface area (Å²) in [7, 11) is 0. The Hall–Kier alpha value is -1.79. The summed E-state index contributed by atoms with van der Waals surface area (Å²) in [4.78, 5) is 12.0. The first-order valence-corrected chi connectivity index (χ1v) is 8.29. The van der Waals surface area contributed by atoms with Gasteiger partial charge in [-0.25, -0.2) is 0 Å². The maximum Gasteiger partial charge on any atom is 0.237 e. The zero-order valence-corrected chi connectivity index (χ0v) is 16.0. The van der Waals surface area contributed by atoms with Crippen molar-refractivity contribution in [2.75, 3.05) is 19.6 Å². The Morgan fingerprint density at radius 1 is 1.12 bits per heavy atom. The van der Waals surface area contributed by atoms with Crippen LogP contribution >= 0.6 is 24.8 Å². The number of rotatable bonds is 6. The molecule has 7 heteroatoms. The van der Waals surface area contributed by atoms with Gasteiger partial charge in [0.1, 0.15) is 11.9 Å². The van der Waals surface area contributed by atoms with Crippen LogP contribution in [0.4, 0.5) is 0 Å². The van der Waals surface area contributed by atoms with E-state index in [4.69, 9.17) is 10.5 Å². The zero-order valence-electron chi connectivity index (χ0n) is 14.4. The van der Waals surface area contributed by atoms with Crippen LogP contribution in [0.5, 0.6) is 5.75 Å². The molecule has 0 bridgehead atoms. The monoisotopic (exact) mass is 397 g/mol.